The van der Waals surface area contributed by atoms with E-state index in [4.69, 9.17) is 41.6 Å². The van der Waals surface area contributed by atoms with Crippen LogP contribution in [0.15, 0.2) is 247 Å². The van der Waals surface area contributed by atoms with Crippen molar-refractivity contribution in [2.75, 3.05) is 0 Å². The van der Waals surface area contributed by atoms with Crippen LogP contribution in [0.5, 0.6) is 46.0 Å². The third kappa shape index (κ3) is 11.0. The number of benzene rings is 8. The first-order valence-electron chi connectivity index (χ1n) is 20.0. The van der Waals surface area contributed by atoms with Crippen molar-refractivity contribution in [3.63, 3.8) is 0 Å². The van der Waals surface area contributed by atoms with Crippen molar-refractivity contribution in [2.24, 2.45) is 4.52 Å². The first-order chi connectivity index (χ1) is 31.7. The van der Waals surface area contributed by atoms with E-state index in [0.717, 1.165) is 0 Å². The molecule has 0 saturated carbocycles. The van der Waals surface area contributed by atoms with Gasteiger partial charge in [0.05, 0.1) is 0 Å². The van der Waals surface area contributed by atoms with E-state index in [1.807, 2.05) is 243 Å². The van der Waals surface area contributed by atoms with Gasteiger partial charge in [-0.05, 0) is 97.1 Å². The van der Waals surface area contributed by atoms with Crippen molar-refractivity contribution in [3.8, 4) is 46.0 Å². The van der Waals surface area contributed by atoms with Crippen molar-refractivity contribution >= 4 is 33.0 Å². The van der Waals surface area contributed by atoms with Gasteiger partial charge in [0.15, 0.2) is 0 Å². The van der Waals surface area contributed by atoms with Crippen LogP contribution in [0.2, 0.25) is 0 Å². The third-order valence-electron chi connectivity index (χ3n) is 8.65. The van der Waals surface area contributed by atoms with Gasteiger partial charge in [-0.2, -0.15) is 0 Å². The van der Waals surface area contributed by atoms with Crippen molar-refractivity contribution < 1.29 is 37.1 Å². The van der Waals surface area contributed by atoms with Crippen LogP contribution in [-0.2, 0) is 0 Å². The zero-order valence-corrected chi connectivity index (χ0v) is 37.5. The molecule has 12 nitrogen and oxygen atoms in total. The molecule has 1 heterocycles. The highest BCUT2D eigenvalue weighted by Gasteiger charge is 2.59. The molecule has 1 aliphatic heterocycles. The molecule has 0 spiro atoms. The van der Waals surface area contributed by atoms with E-state index in [1.54, 1.807) is 13.8 Å². The Balaban J connectivity index is 1.39. The molecule has 9 rings (SSSR count). The standard InChI is InChI=1S/C48H40N4O8P4/c1-9-25-41(26-10-1)53-50-61(56-44-31-15-4-16-32-44)49-64(59-47-37-21-7-22-38-47,60-48-39-23-8-24-40-48)52(55-43-29-13-3-14-30-43)63(58-46-35-19-6-20-36-46)51(54-42-27-11-2-12-28-42)62(50)57-45-33-17-5-18-34-45/h1-40H. The molecule has 320 valence electrons. The number of hydrogen-bond donors (Lipinski definition) is 0. The maximum Gasteiger partial charge on any atom is 0.447 e. The summed E-state index contributed by atoms with van der Waals surface area (Å²) in [7, 11) is -11.5. The molecule has 0 bridgehead atoms. The first-order valence-corrected chi connectivity index (χ1v) is 25.0. The van der Waals surface area contributed by atoms with Crippen molar-refractivity contribution in [2.45, 2.75) is 0 Å². The van der Waals surface area contributed by atoms with E-state index in [2.05, 4.69) is 0 Å². The first kappa shape index (κ1) is 42.8. The monoisotopic (exact) mass is 924 g/mol. The van der Waals surface area contributed by atoms with Gasteiger partial charge in [-0.15, -0.1) is 4.52 Å². The quantitative estimate of drug-likeness (QED) is 0.0867. The third-order valence-corrected chi connectivity index (χ3v) is 17.5. The van der Waals surface area contributed by atoms with Crippen LogP contribution in [0.25, 0.3) is 0 Å². The van der Waals surface area contributed by atoms with E-state index in [0.29, 0.717) is 46.0 Å². The molecule has 0 saturated heterocycles. The van der Waals surface area contributed by atoms with E-state index >= 15 is 0 Å². The minimum absolute atomic E-state index is 0.427. The molecule has 0 N–H and O–H groups in total. The molecule has 16 heteroatoms. The van der Waals surface area contributed by atoms with Gasteiger partial charge in [-0.1, -0.05) is 146 Å². The summed E-state index contributed by atoms with van der Waals surface area (Å²) in [5.41, 5.74) is 0. The van der Waals surface area contributed by atoms with E-state index in [9.17, 15) is 0 Å². The molecule has 0 fully saturated rings. The normalized spacial score (nSPS) is 17.6. The summed E-state index contributed by atoms with van der Waals surface area (Å²) < 4.78 is 46.2. The SMILES string of the molecule is c1ccc(ON2P(Oc3ccccc3)N=P(Oc3ccccc3)(Oc3ccccc3)N(Oc3ccccc3)P(Oc3ccccc3)N(Oc3ccccc3)P2Oc2ccccc2)cc1. The van der Waals surface area contributed by atoms with Gasteiger partial charge in [-0.3, -0.25) is 0 Å². The van der Waals surface area contributed by atoms with Gasteiger partial charge in [0.1, 0.15) is 46.0 Å². The maximum absolute atomic E-state index is 7.25. The van der Waals surface area contributed by atoms with Crippen molar-refractivity contribution in [1.29, 1.82) is 0 Å². The van der Waals surface area contributed by atoms with Crippen LogP contribution in [0.3, 0.4) is 0 Å². The second-order valence-electron chi connectivity index (χ2n) is 13.3. The van der Waals surface area contributed by atoms with Crippen LogP contribution >= 0.6 is 33.0 Å². The summed E-state index contributed by atoms with van der Waals surface area (Å²) >= 11 is 0. The Morgan fingerprint density at radius 2 is 0.594 bits per heavy atom. The molecule has 64 heavy (non-hydrogen) atoms. The van der Waals surface area contributed by atoms with Gasteiger partial charge >= 0.3 is 33.0 Å². The number of nitrogens with zero attached hydrogens (tertiary/aromatic N) is 4. The van der Waals surface area contributed by atoms with Crippen LogP contribution in [0.4, 0.5) is 0 Å². The molecule has 0 radical (unpaired) electrons. The maximum atomic E-state index is 7.25. The summed E-state index contributed by atoms with van der Waals surface area (Å²) in [6.45, 7) is 0. The Morgan fingerprint density at radius 3 is 0.984 bits per heavy atom. The second-order valence-corrected chi connectivity index (χ2v) is 20.6. The second kappa shape index (κ2) is 21.3. The van der Waals surface area contributed by atoms with Crippen molar-refractivity contribution in [1.82, 2.24) is 13.8 Å². The Bertz CT molecular complexity index is 2630. The molecule has 3 atom stereocenters. The van der Waals surface area contributed by atoms with Crippen LogP contribution in [0.1, 0.15) is 0 Å². The fraction of sp³-hybridized carbons (Fsp3) is 0. The highest BCUT2D eigenvalue weighted by molar-refractivity contribution is 7.78. The van der Waals surface area contributed by atoms with E-state index < -0.39 is 33.0 Å². The van der Waals surface area contributed by atoms with Gasteiger partial charge in [0, 0.05) is 13.8 Å². The minimum atomic E-state index is -4.21. The lowest BCUT2D eigenvalue weighted by Gasteiger charge is -2.45. The highest BCUT2D eigenvalue weighted by atomic mass is 31.3. The zero-order chi connectivity index (χ0) is 43.2. The molecule has 1 aliphatic rings. The zero-order valence-electron chi connectivity index (χ0n) is 33.9. The lowest BCUT2D eigenvalue weighted by Crippen LogP contribution is -2.39. The molecular formula is C48H40N4O8P4. The summed E-state index contributed by atoms with van der Waals surface area (Å²) in [4.78, 5) is 21.2. The van der Waals surface area contributed by atoms with Gasteiger partial charge in [0.2, 0.25) is 0 Å². The lowest BCUT2D eigenvalue weighted by atomic mass is 10.3. The predicted octanol–water partition coefficient (Wildman–Crippen LogP) is 14.9. The predicted molar refractivity (Wildman–Crippen MR) is 252 cm³/mol. The van der Waals surface area contributed by atoms with Gasteiger partial charge in [-0.25, -0.2) is 0 Å². The molecule has 0 aliphatic carbocycles. The van der Waals surface area contributed by atoms with Crippen LogP contribution in [-0.4, -0.2) is 13.8 Å². The van der Waals surface area contributed by atoms with Crippen LogP contribution in [0, 0.1) is 0 Å². The molecule has 3 unspecified atom stereocenters. The Morgan fingerprint density at radius 1 is 0.297 bits per heavy atom. The summed E-state index contributed by atoms with van der Waals surface area (Å²) in [5.74, 6) is 3.67. The van der Waals surface area contributed by atoms with Crippen LogP contribution < -0.4 is 37.1 Å². The number of hydrogen-bond acceptors (Lipinski definition) is 12. The number of para-hydroxylation sites is 8. The Kier molecular flexibility index (Phi) is 14.3. The summed E-state index contributed by atoms with van der Waals surface area (Å²) in [6.07, 6.45) is 0. The fourth-order valence-electron chi connectivity index (χ4n) is 5.76. The molecule has 8 aromatic carbocycles. The average Bonchev–Trinajstić information content (AvgIpc) is 3.35. The van der Waals surface area contributed by atoms with Gasteiger partial charge in [0.25, 0.3) is 0 Å². The molecule has 0 aromatic heterocycles. The number of rotatable bonds is 16. The topological polar surface area (TPSA) is 95.9 Å². The molecule has 0 amide bonds. The minimum Gasteiger partial charge on any atom is -0.440 e. The summed E-state index contributed by atoms with van der Waals surface area (Å²) in [5, 5.41) is 0. The average molecular weight is 925 g/mol. The van der Waals surface area contributed by atoms with Gasteiger partial charge < -0.3 is 37.1 Å². The van der Waals surface area contributed by atoms with E-state index in [-0.39, 0.29) is 0 Å². The van der Waals surface area contributed by atoms with E-state index in [1.165, 1.54) is 0 Å². The highest BCUT2D eigenvalue weighted by Crippen LogP contribution is 2.78. The summed E-state index contributed by atoms with van der Waals surface area (Å²) in [6, 6.07) is 74.7. The lowest BCUT2D eigenvalue weighted by molar-refractivity contribution is 0.0377. The largest absolute Gasteiger partial charge is 0.447 e. The van der Waals surface area contributed by atoms with Crippen molar-refractivity contribution in [3.05, 3.63) is 243 Å². The Hall–Kier alpha value is -6.44. The smallest absolute Gasteiger partial charge is 0.440 e. The molecule has 8 aromatic rings. The fourth-order valence-corrected chi connectivity index (χ4v) is 15.5. The Labute approximate surface area is 375 Å². The molecular weight excluding hydrogens is 884 g/mol.